The van der Waals surface area contributed by atoms with E-state index in [2.05, 4.69) is 0 Å². The standard InChI is InChI=1S/C16H28O10/c1-7-14(13(21)11(5-17)24-15(7)22-3)26-16-10(20)4-9(19)12(25-16)6-23-8(2)18/h7,9-17,19-21H,4-6H2,1-3H3/t7?,9?,10-,11?,12?,13?,14?,15?,16?/m0/s1. The van der Waals surface area contributed by atoms with Crippen LogP contribution in [-0.2, 0) is 28.5 Å². The van der Waals surface area contributed by atoms with Gasteiger partial charge in [0.2, 0.25) is 0 Å². The number of rotatable bonds is 6. The highest BCUT2D eigenvalue weighted by Crippen LogP contribution is 2.32. The first-order chi connectivity index (χ1) is 12.3. The molecule has 0 aromatic carbocycles. The molecule has 0 aromatic rings. The average Bonchev–Trinajstić information content (AvgIpc) is 2.59. The van der Waals surface area contributed by atoms with E-state index in [0.29, 0.717) is 0 Å². The van der Waals surface area contributed by atoms with Gasteiger partial charge in [0.15, 0.2) is 12.6 Å². The summed E-state index contributed by atoms with van der Waals surface area (Å²) in [6.45, 7) is 2.35. The quantitative estimate of drug-likeness (QED) is 0.387. The zero-order valence-corrected chi connectivity index (χ0v) is 15.1. The second-order valence-corrected chi connectivity index (χ2v) is 6.63. The van der Waals surface area contributed by atoms with Gasteiger partial charge in [-0.2, -0.15) is 0 Å². The zero-order valence-electron chi connectivity index (χ0n) is 15.1. The summed E-state index contributed by atoms with van der Waals surface area (Å²) in [7, 11) is 1.43. The molecule has 10 heteroatoms. The molecular formula is C16H28O10. The topological polar surface area (TPSA) is 144 Å². The molecule has 2 heterocycles. The first kappa shape index (κ1) is 21.5. The third-order valence-corrected chi connectivity index (χ3v) is 4.66. The third-order valence-electron chi connectivity index (χ3n) is 4.66. The van der Waals surface area contributed by atoms with Crippen molar-refractivity contribution in [2.24, 2.45) is 5.92 Å². The van der Waals surface area contributed by atoms with Crippen LogP contribution in [0.4, 0.5) is 0 Å². The van der Waals surface area contributed by atoms with Crippen LogP contribution in [-0.4, -0.2) is 95.9 Å². The van der Waals surface area contributed by atoms with E-state index in [1.54, 1.807) is 6.92 Å². The molecule has 2 saturated heterocycles. The molecule has 8 unspecified atom stereocenters. The smallest absolute Gasteiger partial charge is 0.302 e. The van der Waals surface area contributed by atoms with Crippen molar-refractivity contribution in [3.63, 3.8) is 0 Å². The fourth-order valence-electron chi connectivity index (χ4n) is 3.17. The van der Waals surface area contributed by atoms with Crippen LogP contribution >= 0.6 is 0 Å². The third kappa shape index (κ3) is 4.90. The summed E-state index contributed by atoms with van der Waals surface area (Å²) in [6.07, 6.45) is -7.89. The van der Waals surface area contributed by atoms with Crippen LogP contribution in [0, 0.1) is 5.92 Å². The molecule has 0 aromatic heterocycles. The van der Waals surface area contributed by atoms with Gasteiger partial charge < -0.3 is 44.1 Å². The van der Waals surface area contributed by atoms with E-state index in [9.17, 15) is 25.2 Å². The predicted molar refractivity (Wildman–Crippen MR) is 84.7 cm³/mol. The second-order valence-electron chi connectivity index (χ2n) is 6.63. The van der Waals surface area contributed by atoms with Gasteiger partial charge in [-0.1, -0.05) is 6.92 Å². The summed E-state index contributed by atoms with van der Waals surface area (Å²) in [4.78, 5) is 11.0. The molecule has 9 atom stereocenters. The van der Waals surface area contributed by atoms with Crippen LogP contribution < -0.4 is 0 Å². The molecule has 0 spiro atoms. The lowest BCUT2D eigenvalue weighted by molar-refractivity contribution is -0.337. The molecule has 0 radical (unpaired) electrons. The molecule has 2 fully saturated rings. The summed E-state index contributed by atoms with van der Waals surface area (Å²) in [5.41, 5.74) is 0. The van der Waals surface area contributed by atoms with Crippen molar-refractivity contribution in [2.45, 2.75) is 69.5 Å². The fourth-order valence-corrected chi connectivity index (χ4v) is 3.17. The van der Waals surface area contributed by atoms with Crippen LogP contribution in [0.25, 0.3) is 0 Å². The molecule has 26 heavy (non-hydrogen) atoms. The van der Waals surface area contributed by atoms with E-state index in [-0.39, 0.29) is 13.0 Å². The van der Waals surface area contributed by atoms with E-state index in [1.165, 1.54) is 14.0 Å². The predicted octanol–water partition coefficient (Wildman–Crippen LogP) is -1.87. The van der Waals surface area contributed by atoms with E-state index in [0.717, 1.165) is 0 Å². The number of aliphatic hydroxyl groups is 4. The highest BCUT2D eigenvalue weighted by atomic mass is 16.7. The molecule has 2 aliphatic heterocycles. The lowest BCUT2D eigenvalue weighted by atomic mass is 9.92. The van der Waals surface area contributed by atoms with Crippen LogP contribution in [0.1, 0.15) is 20.3 Å². The Kier molecular flexibility index (Phi) is 7.74. The Bertz CT molecular complexity index is 444. The van der Waals surface area contributed by atoms with E-state index in [1.807, 2.05) is 0 Å². The number of hydrogen-bond acceptors (Lipinski definition) is 10. The van der Waals surface area contributed by atoms with Crippen LogP contribution in [0.15, 0.2) is 0 Å². The van der Waals surface area contributed by atoms with Gasteiger partial charge in [0.25, 0.3) is 0 Å². The highest BCUT2D eigenvalue weighted by molar-refractivity contribution is 5.65. The Morgan fingerprint density at radius 2 is 1.77 bits per heavy atom. The number of carbonyl (C=O) groups is 1. The van der Waals surface area contributed by atoms with Crippen LogP contribution in [0.2, 0.25) is 0 Å². The first-order valence-electron chi connectivity index (χ1n) is 8.56. The van der Waals surface area contributed by atoms with Gasteiger partial charge in [-0.25, -0.2) is 0 Å². The maximum Gasteiger partial charge on any atom is 0.302 e. The maximum absolute atomic E-state index is 11.0. The minimum Gasteiger partial charge on any atom is -0.463 e. The van der Waals surface area contributed by atoms with Crippen LogP contribution in [0.5, 0.6) is 0 Å². The molecule has 0 aliphatic carbocycles. The highest BCUT2D eigenvalue weighted by Gasteiger charge is 2.47. The largest absolute Gasteiger partial charge is 0.463 e. The maximum atomic E-state index is 11.0. The Hall–Kier alpha value is -0.850. The lowest BCUT2D eigenvalue weighted by Gasteiger charge is -2.45. The van der Waals surface area contributed by atoms with Gasteiger partial charge in [0, 0.05) is 26.4 Å². The van der Waals surface area contributed by atoms with Gasteiger partial charge in [-0.05, 0) is 0 Å². The van der Waals surface area contributed by atoms with Crippen molar-refractivity contribution in [1.29, 1.82) is 0 Å². The Labute approximate surface area is 151 Å². The summed E-state index contributed by atoms with van der Waals surface area (Å²) in [5.74, 6) is -0.945. The van der Waals surface area contributed by atoms with Crippen molar-refractivity contribution in [1.82, 2.24) is 0 Å². The van der Waals surface area contributed by atoms with Crippen LogP contribution in [0.3, 0.4) is 0 Å². The number of carbonyl (C=O) groups excluding carboxylic acids is 1. The number of hydrogen-bond donors (Lipinski definition) is 4. The number of methoxy groups -OCH3 is 1. The molecule has 10 nitrogen and oxygen atoms in total. The normalized spacial score (nSPS) is 43.9. The summed E-state index contributed by atoms with van der Waals surface area (Å²) < 4.78 is 26.8. The Morgan fingerprint density at radius 3 is 2.35 bits per heavy atom. The summed E-state index contributed by atoms with van der Waals surface area (Å²) in [6, 6.07) is 0. The van der Waals surface area contributed by atoms with E-state index in [4.69, 9.17) is 23.7 Å². The first-order valence-corrected chi connectivity index (χ1v) is 8.56. The second kappa shape index (κ2) is 9.38. The van der Waals surface area contributed by atoms with Crippen molar-refractivity contribution in [3.8, 4) is 0 Å². The monoisotopic (exact) mass is 380 g/mol. The SMILES string of the molecule is COC1OC(CO)C(O)C(OC2OC(COC(C)=O)C(O)C[C@@H]2O)C1C. The fraction of sp³-hybridized carbons (Fsp3) is 0.938. The number of esters is 1. The van der Waals surface area contributed by atoms with E-state index < -0.39 is 67.7 Å². The van der Waals surface area contributed by atoms with Crippen molar-refractivity contribution >= 4 is 5.97 Å². The van der Waals surface area contributed by atoms with Crippen molar-refractivity contribution in [3.05, 3.63) is 0 Å². The summed E-state index contributed by atoms with van der Waals surface area (Å²) in [5, 5.41) is 39.9. The number of ether oxygens (including phenoxy) is 5. The molecule has 0 amide bonds. The van der Waals surface area contributed by atoms with Crippen molar-refractivity contribution in [2.75, 3.05) is 20.3 Å². The van der Waals surface area contributed by atoms with Gasteiger partial charge in [-0.15, -0.1) is 0 Å². The molecule has 4 N–H and O–H groups in total. The summed E-state index contributed by atoms with van der Waals surface area (Å²) >= 11 is 0. The van der Waals surface area contributed by atoms with Gasteiger partial charge in [0.05, 0.1) is 18.8 Å². The zero-order chi connectivity index (χ0) is 19.4. The van der Waals surface area contributed by atoms with Crippen molar-refractivity contribution < 1.29 is 48.9 Å². The van der Waals surface area contributed by atoms with E-state index >= 15 is 0 Å². The molecular weight excluding hydrogens is 352 g/mol. The lowest BCUT2D eigenvalue weighted by Crippen LogP contribution is -2.59. The Morgan fingerprint density at radius 1 is 1.12 bits per heavy atom. The molecule has 152 valence electrons. The van der Waals surface area contributed by atoms with Gasteiger partial charge in [0.1, 0.15) is 31.0 Å². The van der Waals surface area contributed by atoms with Gasteiger partial charge >= 0.3 is 5.97 Å². The minimum atomic E-state index is -1.17. The molecule has 0 bridgehead atoms. The molecule has 2 aliphatic rings. The molecule has 2 rings (SSSR count). The number of aliphatic hydroxyl groups excluding tert-OH is 4. The Balaban J connectivity index is 2.06. The minimum absolute atomic E-state index is 0.0402. The average molecular weight is 380 g/mol. The molecule has 0 saturated carbocycles. The van der Waals surface area contributed by atoms with Gasteiger partial charge in [-0.3, -0.25) is 4.79 Å².